The second kappa shape index (κ2) is 5.89. The van der Waals surface area contributed by atoms with Crippen molar-refractivity contribution in [2.75, 3.05) is 6.61 Å². The SMILES string of the molecule is CCOC(=O)c1ncnc(C2CCCCC2)c1F. The monoisotopic (exact) mass is 252 g/mol. The van der Waals surface area contributed by atoms with Crippen LogP contribution in [0.3, 0.4) is 0 Å². The highest BCUT2D eigenvalue weighted by atomic mass is 19.1. The molecule has 0 radical (unpaired) electrons. The minimum atomic E-state index is -0.713. The van der Waals surface area contributed by atoms with Gasteiger partial charge in [-0.1, -0.05) is 19.3 Å². The summed E-state index contributed by atoms with van der Waals surface area (Å²) in [6, 6.07) is 0. The van der Waals surface area contributed by atoms with Crippen LogP contribution < -0.4 is 0 Å². The van der Waals surface area contributed by atoms with Crippen LogP contribution >= 0.6 is 0 Å². The Morgan fingerprint density at radius 1 is 1.39 bits per heavy atom. The van der Waals surface area contributed by atoms with E-state index in [1.807, 2.05) is 0 Å². The molecular weight excluding hydrogens is 235 g/mol. The van der Waals surface area contributed by atoms with E-state index < -0.39 is 11.8 Å². The van der Waals surface area contributed by atoms with Crippen LogP contribution in [0.15, 0.2) is 6.33 Å². The highest BCUT2D eigenvalue weighted by Crippen LogP contribution is 2.33. The van der Waals surface area contributed by atoms with Crippen molar-refractivity contribution in [2.45, 2.75) is 44.9 Å². The first-order chi connectivity index (χ1) is 8.74. The second-order valence-electron chi connectivity index (χ2n) is 4.48. The van der Waals surface area contributed by atoms with Crippen LogP contribution in [0.4, 0.5) is 4.39 Å². The quantitative estimate of drug-likeness (QED) is 0.776. The molecule has 0 saturated heterocycles. The number of rotatable bonds is 3. The molecule has 0 bridgehead atoms. The van der Waals surface area contributed by atoms with E-state index in [2.05, 4.69) is 9.97 Å². The van der Waals surface area contributed by atoms with Crippen molar-refractivity contribution in [3.05, 3.63) is 23.5 Å². The van der Waals surface area contributed by atoms with E-state index in [4.69, 9.17) is 4.74 Å². The molecule has 0 spiro atoms. The van der Waals surface area contributed by atoms with Crippen LogP contribution in [-0.4, -0.2) is 22.5 Å². The number of aromatic nitrogens is 2. The standard InChI is InChI=1S/C13H17FN2O2/c1-2-18-13(17)12-10(14)11(15-8-16-12)9-6-4-3-5-7-9/h8-9H,2-7H2,1H3. The first kappa shape index (κ1) is 12.9. The molecule has 0 N–H and O–H groups in total. The number of hydrogen-bond acceptors (Lipinski definition) is 4. The van der Waals surface area contributed by atoms with Crippen LogP contribution in [0, 0.1) is 5.82 Å². The Bertz CT molecular complexity index is 431. The van der Waals surface area contributed by atoms with Gasteiger partial charge in [0.2, 0.25) is 0 Å². The Kier molecular flexibility index (Phi) is 4.23. The molecule has 0 unspecified atom stereocenters. The number of halogens is 1. The lowest BCUT2D eigenvalue weighted by atomic mass is 9.86. The van der Waals surface area contributed by atoms with Gasteiger partial charge in [-0.3, -0.25) is 0 Å². The molecule has 0 aliphatic heterocycles. The molecule has 0 aromatic carbocycles. The summed E-state index contributed by atoms with van der Waals surface area (Å²) in [7, 11) is 0. The maximum atomic E-state index is 14.2. The van der Waals surface area contributed by atoms with Gasteiger partial charge in [0.1, 0.15) is 6.33 Å². The van der Waals surface area contributed by atoms with Gasteiger partial charge in [0, 0.05) is 5.92 Å². The average Bonchev–Trinajstić information content (AvgIpc) is 2.40. The van der Waals surface area contributed by atoms with Gasteiger partial charge >= 0.3 is 5.97 Å². The maximum Gasteiger partial charge on any atom is 0.360 e. The van der Waals surface area contributed by atoms with E-state index in [1.165, 1.54) is 12.7 Å². The third-order valence-corrected chi connectivity index (χ3v) is 3.28. The van der Waals surface area contributed by atoms with E-state index in [9.17, 15) is 9.18 Å². The predicted octanol–water partition coefficient (Wildman–Crippen LogP) is 2.84. The topological polar surface area (TPSA) is 52.1 Å². The highest BCUT2D eigenvalue weighted by Gasteiger charge is 2.25. The van der Waals surface area contributed by atoms with Gasteiger partial charge in [0.05, 0.1) is 12.3 Å². The average molecular weight is 252 g/mol. The Balaban J connectivity index is 2.26. The summed E-state index contributed by atoms with van der Waals surface area (Å²) in [5.41, 5.74) is 0.125. The molecule has 1 aliphatic rings. The predicted molar refractivity (Wildman–Crippen MR) is 63.8 cm³/mol. The zero-order valence-corrected chi connectivity index (χ0v) is 10.5. The summed E-state index contributed by atoms with van der Waals surface area (Å²) in [6.07, 6.45) is 6.46. The summed E-state index contributed by atoms with van der Waals surface area (Å²) in [6.45, 7) is 1.89. The van der Waals surface area contributed by atoms with Crippen LogP contribution in [0.5, 0.6) is 0 Å². The number of carbonyl (C=O) groups excluding carboxylic acids is 1. The fraction of sp³-hybridized carbons (Fsp3) is 0.615. The molecule has 0 amide bonds. The molecule has 1 aromatic heterocycles. The molecular formula is C13H17FN2O2. The van der Waals surface area contributed by atoms with Crippen molar-refractivity contribution in [3.8, 4) is 0 Å². The molecule has 5 heteroatoms. The largest absolute Gasteiger partial charge is 0.461 e. The fourth-order valence-corrected chi connectivity index (χ4v) is 2.39. The normalized spacial score (nSPS) is 16.6. The molecule has 1 fully saturated rings. The van der Waals surface area contributed by atoms with Gasteiger partial charge in [-0.05, 0) is 19.8 Å². The molecule has 1 heterocycles. The van der Waals surface area contributed by atoms with Crippen molar-refractivity contribution >= 4 is 5.97 Å². The molecule has 1 saturated carbocycles. The van der Waals surface area contributed by atoms with Crippen LogP contribution in [0.1, 0.15) is 61.1 Å². The van der Waals surface area contributed by atoms with Gasteiger partial charge in [0.15, 0.2) is 11.5 Å². The summed E-state index contributed by atoms with van der Waals surface area (Å²) in [4.78, 5) is 19.3. The van der Waals surface area contributed by atoms with E-state index in [1.54, 1.807) is 6.92 Å². The van der Waals surface area contributed by atoms with Gasteiger partial charge < -0.3 is 4.74 Å². The molecule has 1 aromatic rings. The molecule has 4 nitrogen and oxygen atoms in total. The lowest BCUT2D eigenvalue weighted by molar-refractivity contribution is 0.0512. The third kappa shape index (κ3) is 2.66. The Morgan fingerprint density at radius 3 is 2.78 bits per heavy atom. The van der Waals surface area contributed by atoms with Crippen molar-refractivity contribution in [3.63, 3.8) is 0 Å². The smallest absolute Gasteiger partial charge is 0.360 e. The maximum absolute atomic E-state index is 14.2. The molecule has 2 rings (SSSR count). The summed E-state index contributed by atoms with van der Waals surface area (Å²) >= 11 is 0. The van der Waals surface area contributed by atoms with Crippen molar-refractivity contribution in [1.82, 2.24) is 9.97 Å². The Morgan fingerprint density at radius 2 is 2.11 bits per heavy atom. The first-order valence-corrected chi connectivity index (χ1v) is 6.41. The second-order valence-corrected chi connectivity index (χ2v) is 4.48. The van der Waals surface area contributed by atoms with Gasteiger partial charge in [-0.25, -0.2) is 19.2 Å². The number of nitrogens with zero attached hydrogens (tertiary/aromatic N) is 2. The van der Waals surface area contributed by atoms with Crippen molar-refractivity contribution in [2.24, 2.45) is 0 Å². The molecule has 98 valence electrons. The van der Waals surface area contributed by atoms with Crippen LogP contribution in [-0.2, 0) is 4.74 Å². The number of esters is 1. The van der Waals surface area contributed by atoms with Gasteiger partial charge in [-0.15, -0.1) is 0 Å². The number of hydrogen-bond donors (Lipinski definition) is 0. The fourth-order valence-electron chi connectivity index (χ4n) is 2.39. The molecule has 18 heavy (non-hydrogen) atoms. The van der Waals surface area contributed by atoms with E-state index in [0.717, 1.165) is 25.7 Å². The molecule has 1 aliphatic carbocycles. The summed E-state index contributed by atoms with van der Waals surface area (Å²) < 4.78 is 19.0. The Hall–Kier alpha value is -1.52. The summed E-state index contributed by atoms with van der Waals surface area (Å²) in [5, 5.41) is 0. The van der Waals surface area contributed by atoms with Crippen molar-refractivity contribution in [1.29, 1.82) is 0 Å². The van der Waals surface area contributed by atoms with E-state index in [0.29, 0.717) is 5.69 Å². The minimum Gasteiger partial charge on any atom is -0.461 e. The third-order valence-electron chi connectivity index (χ3n) is 3.28. The van der Waals surface area contributed by atoms with Gasteiger partial charge in [-0.2, -0.15) is 0 Å². The first-order valence-electron chi connectivity index (χ1n) is 6.41. The van der Waals surface area contributed by atoms with E-state index >= 15 is 0 Å². The van der Waals surface area contributed by atoms with Crippen molar-refractivity contribution < 1.29 is 13.9 Å². The van der Waals surface area contributed by atoms with Crippen LogP contribution in [0.25, 0.3) is 0 Å². The highest BCUT2D eigenvalue weighted by molar-refractivity contribution is 5.87. The lowest BCUT2D eigenvalue weighted by Gasteiger charge is -2.21. The number of carbonyl (C=O) groups is 1. The zero-order chi connectivity index (χ0) is 13.0. The summed E-state index contributed by atoms with van der Waals surface area (Å²) in [5.74, 6) is -1.22. The number of ether oxygens (including phenoxy) is 1. The zero-order valence-electron chi connectivity index (χ0n) is 10.5. The van der Waals surface area contributed by atoms with Gasteiger partial charge in [0.25, 0.3) is 0 Å². The lowest BCUT2D eigenvalue weighted by Crippen LogP contribution is -2.16. The Labute approximate surface area is 106 Å². The molecule has 0 atom stereocenters. The van der Waals surface area contributed by atoms with Crippen LogP contribution in [0.2, 0.25) is 0 Å². The minimum absolute atomic E-state index is 0.106. The van der Waals surface area contributed by atoms with E-state index in [-0.39, 0.29) is 18.2 Å².